The molecule has 0 saturated heterocycles. The molecule has 1 radical (unpaired) electrons. The molecule has 0 aromatic heterocycles. The second-order valence-corrected chi connectivity index (χ2v) is 2.94. The summed E-state index contributed by atoms with van der Waals surface area (Å²) in [6.45, 7) is 0.972. The van der Waals surface area contributed by atoms with Gasteiger partial charge in [0.05, 0.1) is 0 Å². The average Bonchev–Trinajstić information content (AvgIpc) is 1.19. The van der Waals surface area contributed by atoms with Gasteiger partial charge in [0.2, 0.25) is 0 Å². The molecule has 0 N–H and O–H groups in total. The summed E-state index contributed by atoms with van der Waals surface area (Å²) in [5.74, 6) is -1.08. The van der Waals surface area contributed by atoms with E-state index in [1.54, 1.807) is 0 Å². The van der Waals surface area contributed by atoms with Crippen LogP contribution >= 0.6 is 0 Å². The predicted octanol–water partition coefficient (Wildman–Crippen LogP) is -2.63. The molecule has 0 unspecified atom stereocenters. The molecule has 0 aliphatic carbocycles. The van der Waals surface area contributed by atoms with E-state index >= 15 is 0 Å². The normalized spacial score (nSPS) is 8.30. The van der Waals surface area contributed by atoms with Crippen molar-refractivity contribution in [2.75, 3.05) is 0 Å². The molecule has 57 valence electrons. The molecule has 0 atom stereocenters. The quantitative estimate of drug-likeness (QED) is 0.427. The Labute approximate surface area is 83.3 Å². The van der Waals surface area contributed by atoms with E-state index in [9.17, 15) is 0 Å². The van der Waals surface area contributed by atoms with Crippen molar-refractivity contribution in [3.05, 3.63) is 0 Å². The maximum Gasteiger partial charge on any atom is 3.00 e. The topological polar surface area (TPSA) is 103 Å². The van der Waals surface area contributed by atoms with Gasteiger partial charge in [-0.2, -0.15) is 0 Å². The summed E-state index contributed by atoms with van der Waals surface area (Å²) in [6.07, 6.45) is 0. The largest absolute Gasteiger partial charge is 3.00 e. The summed E-state index contributed by atoms with van der Waals surface area (Å²) in [6, 6.07) is 0. The first-order chi connectivity index (χ1) is 3.73. The van der Waals surface area contributed by atoms with Gasteiger partial charge in [-0.25, -0.2) is 0 Å². The van der Waals surface area contributed by atoms with Gasteiger partial charge in [0.15, 0.2) is 0 Å². The summed E-state index contributed by atoms with van der Waals surface area (Å²) < 4.78 is 26.7. The molecule has 0 rings (SSSR count). The van der Waals surface area contributed by atoms with E-state index in [-0.39, 0.29) is 27.3 Å². The third-order valence-electron chi connectivity index (χ3n) is 0. The first-order valence-corrected chi connectivity index (χ1v) is 3.91. The summed E-state index contributed by atoms with van der Waals surface area (Å²) in [7, 11) is -4.33. The van der Waals surface area contributed by atoms with Gasteiger partial charge >= 0.3 is 27.3 Å². The fourth-order valence-corrected chi connectivity index (χ4v) is 0. The summed E-state index contributed by atoms with van der Waals surface area (Å²) in [5.41, 5.74) is 0. The molecule has 0 heterocycles. The van der Waals surface area contributed by atoms with Gasteiger partial charge < -0.3 is 19.0 Å². The average molecular weight is 378 g/mol. The van der Waals surface area contributed by atoms with Crippen LogP contribution in [0.3, 0.4) is 0 Å². The first-order valence-electron chi connectivity index (χ1n) is 1.57. The Kier molecular flexibility index (Phi) is 13.2. The number of carbonyl (C=O) groups is 1. The van der Waals surface area contributed by atoms with Crippen LogP contribution in [0.25, 0.3) is 0 Å². The van der Waals surface area contributed by atoms with E-state index in [2.05, 4.69) is 11.2 Å². The molecule has 0 amide bonds. The molecular weight excluding hydrogens is 375 g/mol. The van der Waals surface area contributed by atoms with Gasteiger partial charge in [-0.3, -0.25) is 4.21 Å². The Hall–Kier alpha value is 0.682. The minimum atomic E-state index is -4.33. The number of hydrogen-bond donors (Lipinski definition) is 0. The van der Waals surface area contributed by atoms with Gasteiger partial charge in [-0.05, 0) is 18.1 Å². The van der Waals surface area contributed by atoms with Crippen molar-refractivity contribution in [2.24, 2.45) is 0 Å². The van der Waals surface area contributed by atoms with Gasteiger partial charge in [-0.15, -0.1) is 9.05 Å². The first kappa shape index (κ1) is 17.0. The second kappa shape index (κ2) is 7.79. The van der Waals surface area contributed by atoms with Crippen LogP contribution in [0.1, 0.15) is 6.92 Å². The van der Waals surface area contributed by atoms with Crippen molar-refractivity contribution in [3.8, 4) is 0 Å². The van der Waals surface area contributed by atoms with Crippen molar-refractivity contribution < 1.29 is 23.2 Å². The van der Waals surface area contributed by atoms with Crippen molar-refractivity contribution >= 4 is 53.5 Å². The van der Waals surface area contributed by atoms with Crippen molar-refractivity contribution in [3.63, 3.8) is 0 Å². The third kappa shape index (κ3) is 1100. The van der Waals surface area contributed by atoms with Crippen LogP contribution in [0.15, 0.2) is 0 Å². The van der Waals surface area contributed by atoms with Crippen LogP contribution in [-0.4, -0.2) is 46.6 Å². The van der Waals surface area contributed by atoms with E-state index in [1.807, 2.05) is 0 Å². The number of hydrogen-bond acceptors (Lipinski definition) is 6. The Morgan fingerprint density at radius 2 is 1.50 bits per heavy atom. The van der Waals surface area contributed by atoms with Crippen LogP contribution in [-0.2, 0) is 25.0 Å². The van der Waals surface area contributed by atoms with E-state index in [0.717, 1.165) is 6.92 Å². The van der Waals surface area contributed by atoms with Crippen molar-refractivity contribution in [1.82, 2.24) is 0 Å². The second-order valence-electron chi connectivity index (χ2n) is 0.900. The molecule has 0 aromatic rings. The monoisotopic (exact) mass is 379 g/mol. The summed E-state index contributed by atoms with van der Waals surface area (Å²) in [5, 5.41) is 8.89. The van der Waals surface area contributed by atoms with Crippen LogP contribution in [0.4, 0.5) is 0 Å². The molecule has 5 nitrogen and oxygen atoms in total. The standard InChI is InChI=1S/C2H4O2.H2O3S2.Pb/c1-2(3)4;1-5(2,3)4;/h1H3,(H,3,4);(H2,1,2,3,4);/q;;+3/p-3. The minimum absolute atomic E-state index is 0. The zero-order valence-electron chi connectivity index (χ0n) is 4.86. The van der Waals surface area contributed by atoms with Gasteiger partial charge in [-0.1, -0.05) is 0 Å². The number of aliphatic carboxylic acids is 1. The molecule has 0 bridgehead atoms. The zero-order chi connectivity index (χ0) is 8.08. The summed E-state index contributed by atoms with van der Waals surface area (Å²) in [4.78, 5) is 8.89. The summed E-state index contributed by atoms with van der Waals surface area (Å²) >= 11 is 3.24. The van der Waals surface area contributed by atoms with Gasteiger partial charge in [0, 0.05) is 5.97 Å². The van der Waals surface area contributed by atoms with Crippen LogP contribution in [0, 0.1) is 0 Å². The van der Waals surface area contributed by atoms with Crippen molar-refractivity contribution in [2.45, 2.75) is 6.92 Å². The predicted molar refractivity (Wildman–Crippen MR) is 33.5 cm³/mol. The van der Waals surface area contributed by atoms with E-state index in [4.69, 9.17) is 23.2 Å². The molecular formula is C2H3O5PbS2. The number of carboxylic acids is 1. The molecule has 0 saturated carbocycles. The molecule has 0 aliphatic heterocycles. The molecule has 0 aromatic carbocycles. The number of carbonyl (C=O) groups excluding carboxylic acids is 1. The SMILES string of the molecule is CC(=O)[O-].O=S([O-])([O-])=S.[Pb+3]. The van der Waals surface area contributed by atoms with Crippen molar-refractivity contribution in [1.29, 1.82) is 0 Å². The maximum atomic E-state index is 8.89. The van der Waals surface area contributed by atoms with Gasteiger partial charge in [0.25, 0.3) is 0 Å². The fraction of sp³-hybridized carbons (Fsp3) is 0.500. The Balaban J connectivity index is -0.0000000910. The Bertz CT molecular complexity index is 160. The smallest absolute Gasteiger partial charge is 0.780 e. The Morgan fingerprint density at radius 1 is 1.50 bits per heavy atom. The zero-order valence-corrected chi connectivity index (χ0v) is 10.4. The third-order valence-corrected chi connectivity index (χ3v) is 0. The number of carboxylic acid groups (broad SMARTS) is 1. The molecule has 0 fully saturated rings. The molecule has 0 spiro atoms. The Morgan fingerprint density at radius 3 is 1.50 bits per heavy atom. The molecule has 10 heavy (non-hydrogen) atoms. The van der Waals surface area contributed by atoms with Crippen LogP contribution in [0.5, 0.6) is 0 Å². The minimum Gasteiger partial charge on any atom is -0.780 e. The van der Waals surface area contributed by atoms with Crippen LogP contribution < -0.4 is 5.11 Å². The van der Waals surface area contributed by atoms with Crippen LogP contribution in [0.2, 0.25) is 0 Å². The van der Waals surface area contributed by atoms with Gasteiger partial charge in [0.1, 0.15) is 0 Å². The van der Waals surface area contributed by atoms with E-state index < -0.39 is 15.0 Å². The fourth-order valence-electron chi connectivity index (χ4n) is 0. The molecule has 8 heteroatoms. The maximum absolute atomic E-state index is 8.89. The van der Waals surface area contributed by atoms with E-state index in [1.165, 1.54) is 0 Å². The van der Waals surface area contributed by atoms with E-state index in [0.29, 0.717) is 0 Å². The molecule has 0 aliphatic rings. The number of rotatable bonds is 0.